The number of nitrogens with two attached hydrogens (primary N) is 1. The highest BCUT2D eigenvalue weighted by Gasteiger charge is 2.31. The number of H-pyrrole nitrogens is 2. The van der Waals surface area contributed by atoms with Gasteiger partial charge < -0.3 is 20.8 Å². The van der Waals surface area contributed by atoms with Crippen LogP contribution in [0.25, 0.3) is 11.0 Å². The van der Waals surface area contributed by atoms with Gasteiger partial charge in [-0.15, -0.1) is 0 Å². The van der Waals surface area contributed by atoms with E-state index in [1.54, 1.807) is 0 Å². The van der Waals surface area contributed by atoms with Gasteiger partial charge in [0, 0.05) is 43.4 Å². The summed E-state index contributed by atoms with van der Waals surface area (Å²) in [6.45, 7) is 4.23. The van der Waals surface area contributed by atoms with Gasteiger partial charge in [-0.2, -0.15) is 11.8 Å². The molecule has 7 nitrogen and oxygen atoms in total. The first kappa shape index (κ1) is 17.5. The van der Waals surface area contributed by atoms with Gasteiger partial charge in [-0.05, 0) is 24.9 Å². The number of hydrogen-bond acceptors (Lipinski definition) is 6. The molecule has 8 heteroatoms. The summed E-state index contributed by atoms with van der Waals surface area (Å²) in [6, 6.07) is 0.236. The number of thioether (sulfide) groups is 1. The van der Waals surface area contributed by atoms with E-state index in [0.717, 1.165) is 30.0 Å². The van der Waals surface area contributed by atoms with Crippen LogP contribution in [-0.4, -0.2) is 61.7 Å². The molecular weight excluding hydrogens is 326 g/mol. The van der Waals surface area contributed by atoms with E-state index in [1.165, 1.54) is 6.33 Å². The monoisotopic (exact) mass is 351 g/mol. The van der Waals surface area contributed by atoms with Crippen LogP contribution in [0, 0.1) is 5.92 Å². The van der Waals surface area contributed by atoms with Crippen molar-refractivity contribution in [2.75, 3.05) is 24.6 Å². The van der Waals surface area contributed by atoms with Gasteiger partial charge in [0.15, 0.2) is 0 Å². The summed E-state index contributed by atoms with van der Waals surface area (Å²) in [5.41, 5.74) is 7.82. The molecule has 0 aromatic carbocycles. The zero-order valence-electron chi connectivity index (χ0n) is 13.9. The second-order valence-corrected chi connectivity index (χ2v) is 7.78. The van der Waals surface area contributed by atoms with Gasteiger partial charge in [-0.25, -0.2) is 4.98 Å². The maximum Gasteiger partial charge on any atom is 0.275 e. The van der Waals surface area contributed by atoms with Gasteiger partial charge in [-0.3, -0.25) is 9.69 Å². The van der Waals surface area contributed by atoms with Crippen LogP contribution in [0.15, 0.2) is 17.3 Å². The van der Waals surface area contributed by atoms with Crippen LogP contribution >= 0.6 is 11.8 Å². The van der Waals surface area contributed by atoms with Crippen LogP contribution < -0.4 is 11.3 Å². The van der Waals surface area contributed by atoms with E-state index in [4.69, 9.17) is 5.73 Å². The Balaban J connectivity index is 1.56. The van der Waals surface area contributed by atoms with Crippen LogP contribution in [-0.2, 0) is 6.54 Å². The molecule has 3 atom stereocenters. The number of β-amino-alcohol motifs (C(OH)–C–C–N with tert-alkyl or cyclic N) is 1. The second-order valence-electron chi connectivity index (χ2n) is 6.63. The molecule has 3 heterocycles. The maximum absolute atomic E-state index is 11.7. The standard InChI is InChI=1S/C16H25N5O2S/c1-10(17)2-3-24-8-12-6-21(7-13(12)22)5-11-4-18-15-14(11)19-9-20-16(15)23/h4,9-10,12-13,18,22H,2-3,5-8,17H2,1H3,(H,19,20,23)/t10-,12+,13-/m1/s1. The molecule has 1 fully saturated rings. The Morgan fingerprint density at radius 2 is 2.33 bits per heavy atom. The Hall–Kier alpha value is -1.35. The van der Waals surface area contributed by atoms with Crippen molar-refractivity contribution >= 4 is 22.8 Å². The van der Waals surface area contributed by atoms with Gasteiger partial charge in [0.05, 0.1) is 17.9 Å². The molecule has 1 aliphatic rings. The summed E-state index contributed by atoms with van der Waals surface area (Å²) < 4.78 is 0. The molecule has 5 N–H and O–H groups in total. The van der Waals surface area contributed by atoms with Crippen molar-refractivity contribution in [2.45, 2.75) is 32.0 Å². The Labute approximate surface area is 145 Å². The van der Waals surface area contributed by atoms with Crippen molar-refractivity contribution in [1.29, 1.82) is 0 Å². The number of aliphatic hydroxyl groups excluding tert-OH is 1. The predicted molar refractivity (Wildman–Crippen MR) is 97.1 cm³/mol. The molecule has 0 radical (unpaired) electrons. The minimum absolute atomic E-state index is 0.156. The number of likely N-dealkylation sites (tertiary alicyclic amines) is 1. The smallest absolute Gasteiger partial charge is 0.275 e. The number of aromatic amines is 2. The summed E-state index contributed by atoms with van der Waals surface area (Å²) >= 11 is 1.87. The molecule has 0 bridgehead atoms. The van der Waals surface area contributed by atoms with Crippen LogP contribution in [0.4, 0.5) is 0 Å². The zero-order chi connectivity index (χ0) is 17.1. The first-order valence-electron chi connectivity index (χ1n) is 8.32. The molecule has 0 amide bonds. The van der Waals surface area contributed by atoms with Crippen molar-refractivity contribution in [3.05, 3.63) is 28.4 Å². The van der Waals surface area contributed by atoms with Gasteiger partial charge in [0.25, 0.3) is 5.56 Å². The third-order valence-electron chi connectivity index (χ3n) is 4.47. The Morgan fingerprint density at radius 3 is 3.12 bits per heavy atom. The highest BCUT2D eigenvalue weighted by Crippen LogP contribution is 2.24. The van der Waals surface area contributed by atoms with E-state index in [1.807, 2.05) is 24.9 Å². The molecule has 3 rings (SSSR count). The van der Waals surface area contributed by atoms with Gasteiger partial charge in [0.2, 0.25) is 0 Å². The fourth-order valence-corrected chi connectivity index (χ4v) is 4.44. The molecule has 24 heavy (non-hydrogen) atoms. The van der Waals surface area contributed by atoms with E-state index in [9.17, 15) is 9.90 Å². The third-order valence-corrected chi connectivity index (χ3v) is 5.66. The lowest BCUT2D eigenvalue weighted by Gasteiger charge is -2.15. The van der Waals surface area contributed by atoms with Crippen LogP contribution in [0.5, 0.6) is 0 Å². The van der Waals surface area contributed by atoms with E-state index in [2.05, 4.69) is 19.9 Å². The summed E-state index contributed by atoms with van der Waals surface area (Å²) in [6.07, 6.45) is 3.98. The molecule has 0 saturated carbocycles. The quantitative estimate of drug-likeness (QED) is 0.541. The predicted octanol–water partition coefficient (Wildman–Crippen LogP) is 0.514. The Bertz CT molecular complexity index is 729. The largest absolute Gasteiger partial charge is 0.391 e. The minimum atomic E-state index is -0.297. The molecule has 1 aliphatic heterocycles. The zero-order valence-corrected chi connectivity index (χ0v) is 14.7. The lowest BCUT2D eigenvalue weighted by molar-refractivity contribution is 0.149. The van der Waals surface area contributed by atoms with Crippen LogP contribution in [0.2, 0.25) is 0 Å². The van der Waals surface area contributed by atoms with Crippen molar-refractivity contribution in [2.24, 2.45) is 11.7 Å². The van der Waals surface area contributed by atoms with Crippen LogP contribution in [0.1, 0.15) is 18.9 Å². The lowest BCUT2D eigenvalue weighted by atomic mass is 10.1. The molecule has 2 aromatic heterocycles. The van der Waals surface area contributed by atoms with Crippen LogP contribution in [0.3, 0.4) is 0 Å². The van der Waals surface area contributed by atoms with E-state index in [-0.39, 0.29) is 23.6 Å². The van der Waals surface area contributed by atoms with Gasteiger partial charge >= 0.3 is 0 Å². The normalized spacial score (nSPS) is 23.1. The number of aromatic nitrogens is 3. The van der Waals surface area contributed by atoms with E-state index in [0.29, 0.717) is 24.1 Å². The first-order chi connectivity index (χ1) is 11.5. The molecule has 1 saturated heterocycles. The number of nitrogens with one attached hydrogen (secondary N) is 2. The lowest BCUT2D eigenvalue weighted by Crippen LogP contribution is -2.21. The summed E-state index contributed by atoms with van der Waals surface area (Å²) in [5, 5.41) is 10.3. The average Bonchev–Trinajstić information content (AvgIpc) is 3.09. The summed E-state index contributed by atoms with van der Waals surface area (Å²) in [7, 11) is 0. The van der Waals surface area contributed by atoms with Crippen molar-refractivity contribution in [3.8, 4) is 0 Å². The van der Waals surface area contributed by atoms with Gasteiger partial charge in [0.1, 0.15) is 5.52 Å². The minimum Gasteiger partial charge on any atom is -0.391 e. The summed E-state index contributed by atoms with van der Waals surface area (Å²) in [4.78, 5) is 23.8. The molecule has 0 spiro atoms. The Kier molecular flexibility index (Phi) is 5.60. The number of fused-ring (bicyclic) bond motifs is 1. The molecule has 132 valence electrons. The van der Waals surface area contributed by atoms with Crippen molar-refractivity contribution in [3.63, 3.8) is 0 Å². The van der Waals surface area contributed by atoms with E-state index < -0.39 is 0 Å². The first-order valence-corrected chi connectivity index (χ1v) is 9.47. The number of aliphatic hydroxyl groups is 1. The van der Waals surface area contributed by atoms with Crippen molar-refractivity contribution in [1.82, 2.24) is 19.9 Å². The van der Waals surface area contributed by atoms with Crippen molar-refractivity contribution < 1.29 is 5.11 Å². The van der Waals surface area contributed by atoms with Gasteiger partial charge in [-0.1, -0.05) is 0 Å². The highest BCUT2D eigenvalue weighted by molar-refractivity contribution is 7.99. The second kappa shape index (κ2) is 7.69. The fourth-order valence-electron chi connectivity index (χ4n) is 3.10. The number of nitrogens with zero attached hydrogens (tertiary/aromatic N) is 2. The molecule has 0 aliphatic carbocycles. The number of rotatable bonds is 7. The molecular formula is C16H25N5O2S. The Morgan fingerprint density at radius 1 is 1.50 bits per heavy atom. The fraction of sp³-hybridized carbons (Fsp3) is 0.625. The molecule has 0 unspecified atom stereocenters. The average molecular weight is 351 g/mol. The highest BCUT2D eigenvalue weighted by atomic mass is 32.2. The SMILES string of the molecule is C[C@@H](N)CCSC[C@@H]1CN(Cc2c[nH]c3c(=O)[nH]cnc23)C[C@H]1O. The van der Waals surface area contributed by atoms with E-state index >= 15 is 0 Å². The maximum atomic E-state index is 11.7. The molecule has 2 aromatic rings. The number of hydrogen-bond donors (Lipinski definition) is 4. The third kappa shape index (κ3) is 4.00. The topological polar surface area (TPSA) is 111 Å². The summed E-state index contributed by atoms with van der Waals surface area (Å²) in [5.74, 6) is 2.27.